The molecule has 6 nitrogen and oxygen atoms in total. The van der Waals surface area contributed by atoms with Gasteiger partial charge in [0.2, 0.25) is 11.4 Å². The number of hydrogen-bond acceptors (Lipinski definition) is 6. The quantitative estimate of drug-likeness (QED) is 0.327. The largest absolute Gasteiger partial charge is 0.477 e. The molecule has 5 aliphatic carbocycles. The highest BCUT2D eigenvalue weighted by atomic mass is 16.6. The molecule has 1 unspecified atom stereocenters. The maximum absolute atomic E-state index is 14.6. The first kappa shape index (κ1) is 32.4. The van der Waals surface area contributed by atoms with E-state index in [4.69, 9.17) is 9.47 Å². The molecule has 1 aromatic rings. The van der Waals surface area contributed by atoms with Gasteiger partial charge < -0.3 is 19.7 Å². The smallest absolute Gasteiger partial charge is 0.250 e. The fraction of sp³-hybridized carbons (Fsp3) is 0.750. The minimum Gasteiger partial charge on any atom is -0.477 e. The average molecular weight is 633 g/mol. The van der Waals surface area contributed by atoms with Gasteiger partial charge in [-0.25, -0.2) is 0 Å². The van der Waals surface area contributed by atoms with Gasteiger partial charge in [-0.1, -0.05) is 74.3 Å². The van der Waals surface area contributed by atoms with E-state index in [1.807, 2.05) is 13.8 Å². The lowest BCUT2D eigenvalue weighted by atomic mass is 9.59. The second-order valence-electron chi connectivity index (χ2n) is 18.1. The van der Waals surface area contributed by atoms with Crippen molar-refractivity contribution in [3.63, 3.8) is 0 Å². The Hall–Kier alpha value is -2.18. The zero-order valence-corrected chi connectivity index (χ0v) is 29.5. The van der Waals surface area contributed by atoms with E-state index in [1.54, 1.807) is 0 Å². The Balaban J connectivity index is 1.40. The Morgan fingerprint density at radius 2 is 1.39 bits per heavy atom. The molecule has 0 saturated heterocycles. The fourth-order valence-corrected chi connectivity index (χ4v) is 11.3. The van der Waals surface area contributed by atoms with Crippen LogP contribution in [0.1, 0.15) is 142 Å². The summed E-state index contributed by atoms with van der Waals surface area (Å²) in [5.41, 5.74) is 1.06. The Labute approximate surface area is 275 Å². The summed E-state index contributed by atoms with van der Waals surface area (Å²) in [5.74, 6) is 0.165. The normalized spacial score (nSPS) is 37.9. The summed E-state index contributed by atoms with van der Waals surface area (Å²) >= 11 is 0. The van der Waals surface area contributed by atoms with E-state index in [2.05, 4.69) is 47.6 Å². The van der Waals surface area contributed by atoms with Crippen LogP contribution >= 0.6 is 0 Å². The van der Waals surface area contributed by atoms with E-state index in [0.717, 1.165) is 68.1 Å². The van der Waals surface area contributed by atoms with Crippen LogP contribution in [0.5, 0.6) is 11.5 Å². The van der Waals surface area contributed by atoms with Crippen LogP contribution in [0.15, 0.2) is 17.2 Å². The van der Waals surface area contributed by atoms with Crippen LogP contribution in [0.4, 0.5) is 0 Å². The van der Waals surface area contributed by atoms with Crippen molar-refractivity contribution in [2.45, 2.75) is 161 Å². The van der Waals surface area contributed by atoms with Gasteiger partial charge in [-0.3, -0.25) is 9.59 Å². The molecule has 6 heteroatoms. The van der Waals surface area contributed by atoms with Gasteiger partial charge in [-0.2, -0.15) is 0 Å². The molecule has 0 bridgehead atoms. The lowest BCUT2D eigenvalue weighted by Crippen LogP contribution is -2.67. The predicted octanol–water partition coefficient (Wildman–Crippen LogP) is 7.58. The number of carbonyl (C=O) groups is 2. The standard InChI is InChI=1S/C40H56O6/c1-22(2)26-19-24-11-13-29-36(5,6)15-9-17-38(29,43)20-27(24)33-32(26)45-35-25-12-14-30-37(7,8)16-10-18-39(30,44)21-28(25)31(41)34(42)40(35,46-33)23(3)4/h19,22-23,29-30,35,43-44H,9-18,20-21H2,1-8H3/t29-,30-,35-,38-,39?,40+/m0/s1. The summed E-state index contributed by atoms with van der Waals surface area (Å²) in [4.78, 5) is 28.9. The number of benzene rings is 1. The molecule has 2 N–H and O–H groups in total. The molecule has 0 amide bonds. The minimum atomic E-state index is -1.50. The number of carbonyl (C=O) groups excluding carboxylic acids is 2. The van der Waals surface area contributed by atoms with E-state index in [-0.39, 0.29) is 40.9 Å². The van der Waals surface area contributed by atoms with Crippen LogP contribution in [0, 0.1) is 28.6 Å². The van der Waals surface area contributed by atoms with Crippen LogP contribution in [0.2, 0.25) is 0 Å². The summed E-state index contributed by atoms with van der Waals surface area (Å²) in [5, 5.41) is 24.5. The first-order valence-corrected chi connectivity index (χ1v) is 18.3. The first-order chi connectivity index (χ1) is 21.5. The minimum absolute atomic E-state index is 0.0293. The van der Waals surface area contributed by atoms with Gasteiger partial charge in [0.15, 0.2) is 17.6 Å². The second kappa shape index (κ2) is 10.4. The lowest BCUT2D eigenvalue weighted by molar-refractivity contribution is -0.161. The van der Waals surface area contributed by atoms with Crippen molar-refractivity contribution < 1.29 is 29.3 Å². The Morgan fingerprint density at radius 3 is 1.98 bits per heavy atom. The van der Waals surface area contributed by atoms with Crippen molar-refractivity contribution in [2.75, 3.05) is 0 Å². The lowest BCUT2D eigenvalue weighted by Gasteiger charge is -2.51. The molecule has 2 fully saturated rings. The fourth-order valence-electron chi connectivity index (χ4n) is 11.3. The molecule has 6 aliphatic rings. The number of fused-ring (bicyclic) bond motifs is 7. The Morgan fingerprint density at radius 1 is 0.804 bits per heavy atom. The molecule has 6 atom stereocenters. The third kappa shape index (κ3) is 4.47. The molecule has 1 aromatic carbocycles. The highest BCUT2D eigenvalue weighted by molar-refractivity contribution is 6.47. The second-order valence-corrected chi connectivity index (χ2v) is 18.1. The molecular formula is C40H56O6. The molecule has 0 aromatic heterocycles. The SMILES string of the molecule is CC(C)c1cc2c(c3c1O[C@H]1C4=C(CC5(O)CCCC(C)(C)[C@@H]5CC4)C(=O)C(=O)[C@@]1(C(C)C)O3)C[C@@]1(O)CCCC(C)(C)[C@@H]1CC2. The van der Waals surface area contributed by atoms with Crippen molar-refractivity contribution in [1.82, 2.24) is 0 Å². The molecular weight excluding hydrogens is 576 g/mol. The predicted molar refractivity (Wildman–Crippen MR) is 178 cm³/mol. The molecule has 0 radical (unpaired) electrons. The van der Waals surface area contributed by atoms with Crippen LogP contribution in [-0.4, -0.2) is 44.7 Å². The summed E-state index contributed by atoms with van der Waals surface area (Å²) in [6.45, 7) is 17.3. The van der Waals surface area contributed by atoms with Gasteiger partial charge in [0, 0.05) is 35.5 Å². The number of rotatable bonds is 2. The van der Waals surface area contributed by atoms with E-state index in [0.29, 0.717) is 36.3 Å². The Bertz CT molecular complexity index is 1510. The maximum Gasteiger partial charge on any atom is 0.250 e. The van der Waals surface area contributed by atoms with E-state index < -0.39 is 34.5 Å². The third-order valence-electron chi connectivity index (χ3n) is 13.8. The van der Waals surface area contributed by atoms with E-state index in [1.165, 1.54) is 5.56 Å². The van der Waals surface area contributed by atoms with Gasteiger partial charge in [-0.05, 0) is 91.1 Å². The summed E-state index contributed by atoms with van der Waals surface area (Å²) in [7, 11) is 0. The molecule has 0 spiro atoms. The average Bonchev–Trinajstić information content (AvgIpc) is 3.22. The topological polar surface area (TPSA) is 93.1 Å². The van der Waals surface area contributed by atoms with Crippen molar-refractivity contribution in [3.8, 4) is 11.5 Å². The van der Waals surface area contributed by atoms with Gasteiger partial charge in [0.05, 0.1) is 11.2 Å². The van der Waals surface area contributed by atoms with Crippen LogP contribution in [-0.2, 0) is 22.4 Å². The molecule has 46 heavy (non-hydrogen) atoms. The monoisotopic (exact) mass is 632 g/mol. The zero-order valence-electron chi connectivity index (χ0n) is 29.5. The van der Waals surface area contributed by atoms with Crippen molar-refractivity contribution in [3.05, 3.63) is 33.9 Å². The van der Waals surface area contributed by atoms with Crippen molar-refractivity contribution in [1.29, 1.82) is 0 Å². The van der Waals surface area contributed by atoms with Gasteiger partial charge in [0.1, 0.15) is 0 Å². The first-order valence-electron chi connectivity index (χ1n) is 18.3. The van der Waals surface area contributed by atoms with Crippen LogP contribution < -0.4 is 9.47 Å². The maximum atomic E-state index is 14.6. The van der Waals surface area contributed by atoms with Gasteiger partial charge in [-0.15, -0.1) is 0 Å². The number of ketones is 2. The van der Waals surface area contributed by atoms with E-state index in [9.17, 15) is 19.8 Å². The van der Waals surface area contributed by atoms with Crippen molar-refractivity contribution in [2.24, 2.45) is 28.6 Å². The van der Waals surface area contributed by atoms with Gasteiger partial charge >= 0.3 is 0 Å². The van der Waals surface area contributed by atoms with E-state index >= 15 is 0 Å². The highest BCUT2D eigenvalue weighted by Crippen LogP contribution is 2.59. The summed E-state index contributed by atoms with van der Waals surface area (Å²) in [6, 6.07) is 2.27. The summed E-state index contributed by atoms with van der Waals surface area (Å²) in [6.07, 6.45) is 8.41. The number of aryl methyl sites for hydroxylation is 1. The van der Waals surface area contributed by atoms with Crippen LogP contribution in [0.3, 0.4) is 0 Å². The van der Waals surface area contributed by atoms with Crippen molar-refractivity contribution >= 4 is 11.6 Å². The molecule has 252 valence electrons. The number of hydrogen-bond donors (Lipinski definition) is 2. The third-order valence-corrected chi connectivity index (χ3v) is 13.8. The van der Waals surface area contributed by atoms with Crippen LogP contribution in [0.25, 0.3) is 0 Å². The molecule has 7 rings (SSSR count). The van der Waals surface area contributed by atoms with Gasteiger partial charge in [0.25, 0.3) is 5.78 Å². The number of aliphatic hydroxyl groups is 2. The summed E-state index contributed by atoms with van der Waals surface area (Å²) < 4.78 is 14.3. The highest BCUT2D eigenvalue weighted by Gasteiger charge is 2.65. The molecule has 2 saturated carbocycles. The number of Topliss-reactive ketones (excluding diaryl/α,β-unsaturated/α-hetero) is 2. The number of ether oxygens (including phenoxy) is 2. The zero-order chi connectivity index (χ0) is 33.2. The Kier molecular flexibility index (Phi) is 7.33. The molecule has 1 heterocycles. The molecule has 1 aliphatic heterocycles.